The van der Waals surface area contributed by atoms with Crippen LogP contribution in [-0.4, -0.2) is 37.5 Å². The smallest absolute Gasteiger partial charge is 0.324 e. The lowest BCUT2D eigenvalue weighted by molar-refractivity contribution is -0.152. The molecule has 0 saturated carbocycles. The SMILES string of the molecule is N=Cc1cc(C(F)F)cc(S(=O)(=O)N2CCC2C(=O)OCc2ccccc2)c1N. The first-order valence-corrected chi connectivity index (χ1v) is 10.1. The summed E-state index contributed by atoms with van der Waals surface area (Å²) < 4.78 is 58.3. The monoisotopic (exact) mass is 423 g/mol. The largest absolute Gasteiger partial charge is 0.460 e. The van der Waals surface area contributed by atoms with Gasteiger partial charge in [-0.1, -0.05) is 30.3 Å². The zero-order valence-electron chi connectivity index (χ0n) is 15.2. The minimum absolute atomic E-state index is 0.00891. The quantitative estimate of drug-likeness (QED) is 0.404. The van der Waals surface area contributed by atoms with E-state index >= 15 is 0 Å². The Bertz CT molecular complexity index is 1030. The summed E-state index contributed by atoms with van der Waals surface area (Å²) in [7, 11) is -4.33. The van der Waals surface area contributed by atoms with Gasteiger partial charge in [-0.05, 0) is 24.1 Å². The average Bonchev–Trinajstić information content (AvgIpc) is 2.65. The number of hydrogen-bond acceptors (Lipinski definition) is 6. The van der Waals surface area contributed by atoms with E-state index in [9.17, 15) is 22.0 Å². The van der Waals surface area contributed by atoms with Gasteiger partial charge in [0, 0.05) is 23.9 Å². The molecule has 0 bridgehead atoms. The molecule has 2 aromatic carbocycles. The molecule has 0 radical (unpaired) electrons. The predicted molar refractivity (Wildman–Crippen MR) is 102 cm³/mol. The minimum Gasteiger partial charge on any atom is -0.460 e. The van der Waals surface area contributed by atoms with E-state index in [4.69, 9.17) is 15.9 Å². The molecule has 3 N–H and O–H groups in total. The molecule has 0 aromatic heterocycles. The fraction of sp³-hybridized carbons (Fsp3) is 0.263. The fourth-order valence-corrected chi connectivity index (χ4v) is 4.77. The number of carbonyl (C=O) groups is 1. The maximum Gasteiger partial charge on any atom is 0.324 e. The topological polar surface area (TPSA) is 114 Å². The van der Waals surface area contributed by atoms with E-state index in [0.717, 1.165) is 22.0 Å². The van der Waals surface area contributed by atoms with E-state index in [-0.39, 0.29) is 30.8 Å². The van der Waals surface area contributed by atoms with Crippen LogP contribution in [0.3, 0.4) is 0 Å². The molecule has 0 spiro atoms. The second-order valence-electron chi connectivity index (χ2n) is 6.48. The van der Waals surface area contributed by atoms with Crippen LogP contribution in [0.25, 0.3) is 0 Å². The van der Waals surface area contributed by atoms with Crippen LogP contribution in [0.5, 0.6) is 0 Å². The van der Waals surface area contributed by atoms with Gasteiger partial charge in [-0.15, -0.1) is 0 Å². The lowest BCUT2D eigenvalue weighted by Crippen LogP contribution is -2.55. The lowest BCUT2D eigenvalue weighted by atomic mass is 10.1. The molecule has 1 atom stereocenters. The first kappa shape index (κ1) is 20.9. The van der Waals surface area contributed by atoms with Gasteiger partial charge in [0.1, 0.15) is 17.5 Å². The molecule has 29 heavy (non-hydrogen) atoms. The first-order chi connectivity index (χ1) is 13.8. The number of nitrogens with two attached hydrogens (primary N) is 1. The highest BCUT2D eigenvalue weighted by molar-refractivity contribution is 7.89. The zero-order chi connectivity index (χ0) is 21.2. The summed E-state index contributed by atoms with van der Waals surface area (Å²) in [6.45, 7) is 0.0245. The number of benzene rings is 2. The van der Waals surface area contributed by atoms with Gasteiger partial charge < -0.3 is 15.9 Å². The third-order valence-electron chi connectivity index (χ3n) is 4.66. The standard InChI is InChI=1S/C19H19F2N3O4S/c20-18(21)13-8-14(10-22)17(23)16(9-13)29(26,27)24-7-6-15(24)19(25)28-11-12-4-2-1-3-5-12/h1-5,8-10,15,18,22H,6-7,11,23H2. The molecule has 1 heterocycles. The van der Waals surface area contributed by atoms with Gasteiger partial charge in [0.15, 0.2) is 0 Å². The first-order valence-electron chi connectivity index (χ1n) is 8.70. The van der Waals surface area contributed by atoms with Crippen molar-refractivity contribution in [3.63, 3.8) is 0 Å². The molecule has 1 saturated heterocycles. The van der Waals surface area contributed by atoms with Crippen LogP contribution in [0.2, 0.25) is 0 Å². The second kappa shape index (κ2) is 8.26. The summed E-state index contributed by atoms with van der Waals surface area (Å²) in [4.78, 5) is 11.8. The van der Waals surface area contributed by atoms with E-state index < -0.39 is 38.9 Å². The van der Waals surface area contributed by atoms with Gasteiger partial charge in [-0.3, -0.25) is 4.79 Å². The molecule has 7 nitrogen and oxygen atoms in total. The number of hydrogen-bond donors (Lipinski definition) is 2. The van der Waals surface area contributed by atoms with Crippen molar-refractivity contribution in [3.05, 3.63) is 59.2 Å². The molecule has 0 amide bonds. The summed E-state index contributed by atoms with van der Waals surface area (Å²) >= 11 is 0. The second-order valence-corrected chi connectivity index (χ2v) is 8.34. The molecular weight excluding hydrogens is 404 g/mol. The molecule has 154 valence electrons. The fourth-order valence-electron chi connectivity index (χ4n) is 2.97. The van der Waals surface area contributed by atoms with E-state index in [1.54, 1.807) is 24.3 Å². The third kappa shape index (κ3) is 4.13. The number of nitrogen functional groups attached to an aromatic ring is 1. The normalized spacial score (nSPS) is 17.0. The molecule has 10 heteroatoms. The maximum absolute atomic E-state index is 13.1. The van der Waals surface area contributed by atoms with Crippen molar-refractivity contribution in [1.29, 1.82) is 5.41 Å². The van der Waals surface area contributed by atoms with Crippen molar-refractivity contribution in [3.8, 4) is 0 Å². The van der Waals surface area contributed by atoms with Crippen LogP contribution in [0.4, 0.5) is 14.5 Å². The number of anilines is 1. The molecule has 0 aliphatic carbocycles. The minimum atomic E-state index is -4.33. The highest BCUT2D eigenvalue weighted by atomic mass is 32.2. The Morgan fingerprint density at radius 3 is 2.55 bits per heavy atom. The summed E-state index contributed by atoms with van der Waals surface area (Å²) in [6.07, 6.45) is -1.98. The Balaban J connectivity index is 1.83. The van der Waals surface area contributed by atoms with Crippen LogP contribution < -0.4 is 5.73 Å². The van der Waals surface area contributed by atoms with Gasteiger partial charge in [0.25, 0.3) is 6.43 Å². The van der Waals surface area contributed by atoms with Crippen molar-refractivity contribution in [2.45, 2.75) is 30.4 Å². The van der Waals surface area contributed by atoms with Crippen molar-refractivity contribution in [1.82, 2.24) is 4.31 Å². The van der Waals surface area contributed by atoms with Crippen molar-refractivity contribution in [2.75, 3.05) is 12.3 Å². The Morgan fingerprint density at radius 1 is 1.31 bits per heavy atom. The summed E-state index contributed by atoms with van der Waals surface area (Å²) in [5.74, 6) is -0.723. The highest BCUT2D eigenvalue weighted by Gasteiger charge is 2.44. The number of nitrogens with one attached hydrogen (secondary N) is 1. The number of carbonyl (C=O) groups excluding carboxylic acids is 1. The summed E-state index contributed by atoms with van der Waals surface area (Å²) in [6, 6.07) is 9.59. The Morgan fingerprint density at radius 2 is 2.00 bits per heavy atom. The molecule has 1 aliphatic rings. The number of rotatable bonds is 7. The van der Waals surface area contributed by atoms with Gasteiger partial charge in [-0.25, -0.2) is 17.2 Å². The molecule has 1 aliphatic heterocycles. The number of esters is 1. The Kier molecular flexibility index (Phi) is 5.94. The Hall–Kier alpha value is -2.85. The van der Waals surface area contributed by atoms with E-state index in [0.29, 0.717) is 6.21 Å². The van der Waals surface area contributed by atoms with E-state index in [1.165, 1.54) is 0 Å². The maximum atomic E-state index is 13.1. The molecule has 3 rings (SSSR count). The van der Waals surface area contributed by atoms with Crippen LogP contribution in [0.1, 0.15) is 29.5 Å². The van der Waals surface area contributed by atoms with E-state index in [1.807, 2.05) is 6.07 Å². The Labute approximate surface area is 166 Å². The van der Waals surface area contributed by atoms with Gasteiger partial charge in [-0.2, -0.15) is 4.31 Å². The van der Waals surface area contributed by atoms with Gasteiger partial charge in [0.2, 0.25) is 10.0 Å². The molecule has 1 unspecified atom stereocenters. The number of halogens is 2. The lowest BCUT2D eigenvalue weighted by Gasteiger charge is -2.38. The number of sulfonamides is 1. The highest BCUT2D eigenvalue weighted by Crippen LogP contribution is 2.34. The van der Waals surface area contributed by atoms with Gasteiger partial charge in [0.05, 0.1) is 5.69 Å². The third-order valence-corrected chi connectivity index (χ3v) is 6.61. The van der Waals surface area contributed by atoms with E-state index in [2.05, 4.69) is 0 Å². The van der Waals surface area contributed by atoms with Crippen molar-refractivity contribution in [2.24, 2.45) is 0 Å². The number of ether oxygens (including phenoxy) is 1. The van der Waals surface area contributed by atoms with Gasteiger partial charge >= 0.3 is 5.97 Å². The zero-order valence-corrected chi connectivity index (χ0v) is 16.0. The number of nitrogens with zero attached hydrogens (tertiary/aromatic N) is 1. The molecule has 2 aromatic rings. The summed E-state index contributed by atoms with van der Waals surface area (Å²) in [5, 5.41) is 7.30. The van der Waals surface area contributed by atoms with Crippen LogP contribution in [0.15, 0.2) is 47.4 Å². The summed E-state index contributed by atoms with van der Waals surface area (Å²) in [5.41, 5.74) is 5.54. The number of alkyl halides is 2. The predicted octanol–water partition coefficient (Wildman–Crippen LogP) is 2.71. The van der Waals surface area contributed by atoms with Crippen molar-refractivity contribution >= 4 is 27.9 Å². The molecule has 1 fully saturated rings. The average molecular weight is 423 g/mol. The van der Waals surface area contributed by atoms with Crippen LogP contribution in [0, 0.1) is 5.41 Å². The van der Waals surface area contributed by atoms with Crippen LogP contribution in [-0.2, 0) is 26.2 Å². The van der Waals surface area contributed by atoms with Crippen LogP contribution >= 0.6 is 0 Å². The molecular formula is C19H19F2N3O4S. The van der Waals surface area contributed by atoms with Crippen molar-refractivity contribution < 1.29 is 26.7 Å².